The molecule has 0 fully saturated rings. The molecular weight excluding hydrogens is 416 g/mol. The third-order valence-electron chi connectivity index (χ3n) is 4.33. The lowest BCUT2D eigenvalue weighted by molar-refractivity contribution is 0.0693. The van der Waals surface area contributed by atoms with E-state index in [1.54, 1.807) is 13.8 Å². The van der Waals surface area contributed by atoms with Gasteiger partial charge in [-0.05, 0) is 54.6 Å². The van der Waals surface area contributed by atoms with Crippen LogP contribution in [0.2, 0.25) is 0 Å². The predicted octanol–water partition coefficient (Wildman–Crippen LogP) is 2.30. The minimum atomic E-state index is -1.28. The molecule has 0 aliphatic rings. The molecule has 2 aromatic carbocycles. The van der Waals surface area contributed by atoms with E-state index in [1.165, 1.54) is 25.3 Å². The lowest BCUT2D eigenvalue weighted by Crippen LogP contribution is -2.44. The van der Waals surface area contributed by atoms with Crippen LogP contribution in [-0.4, -0.2) is 50.0 Å². The van der Waals surface area contributed by atoms with Crippen LogP contribution in [0.5, 0.6) is 5.75 Å². The molecule has 3 aromatic rings. The zero-order valence-electron chi connectivity index (χ0n) is 16.6. The van der Waals surface area contributed by atoms with E-state index in [4.69, 9.17) is 4.74 Å². The lowest BCUT2D eigenvalue weighted by Gasteiger charge is -2.26. The van der Waals surface area contributed by atoms with Gasteiger partial charge in [0, 0.05) is 11.7 Å². The number of ether oxygens (including phenoxy) is 1. The molecule has 0 saturated carbocycles. The van der Waals surface area contributed by atoms with Crippen molar-refractivity contribution in [3.8, 4) is 11.4 Å². The first-order valence-corrected chi connectivity index (χ1v) is 8.91. The van der Waals surface area contributed by atoms with Gasteiger partial charge in [-0.1, -0.05) is 6.07 Å². The van der Waals surface area contributed by atoms with Crippen molar-refractivity contribution < 1.29 is 28.2 Å². The minimum Gasteiger partial charge on any atom is -0.496 e. The van der Waals surface area contributed by atoms with Gasteiger partial charge in [0.1, 0.15) is 17.0 Å². The Balaban J connectivity index is 2.09. The molecule has 31 heavy (non-hydrogen) atoms. The smallest absolute Gasteiger partial charge is 0.377 e. The molecule has 1 aromatic heterocycles. The van der Waals surface area contributed by atoms with Gasteiger partial charge < -0.3 is 9.84 Å². The van der Waals surface area contributed by atoms with E-state index in [-0.39, 0.29) is 17.0 Å². The van der Waals surface area contributed by atoms with Crippen LogP contribution in [0, 0.1) is 11.6 Å². The summed E-state index contributed by atoms with van der Waals surface area (Å²) < 4.78 is 33.7. The predicted molar refractivity (Wildman–Crippen MR) is 104 cm³/mol. The molecule has 0 spiro atoms. The molecule has 10 nitrogen and oxygen atoms in total. The maximum atomic E-state index is 14.0. The number of carbonyl (C=O) groups excluding carboxylic acids is 1. The first kappa shape index (κ1) is 21.6. The van der Waals surface area contributed by atoms with Crippen LogP contribution in [0.25, 0.3) is 5.69 Å². The van der Waals surface area contributed by atoms with Gasteiger partial charge in [-0.2, -0.15) is 4.68 Å². The Bertz CT molecular complexity index is 1200. The number of para-hydroxylation sites is 1. The number of halogens is 2. The lowest BCUT2D eigenvalue weighted by atomic mass is 10.1. The van der Waals surface area contributed by atoms with Crippen LogP contribution >= 0.6 is 0 Å². The number of amides is 1. The summed E-state index contributed by atoms with van der Waals surface area (Å²) in [6, 6.07) is 5.40. The van der Waals surface area contributed by atoms with Crippen molar-refractivity contribution in [1.29, 1.82) is 0 Å². The number of nitrogens with zero attached hydrogens (tertiary/aromatic N) is 5. The molecular formula is C19H17F2N5O5. The molecule has 1 amide bonds. The standard InChI is InChI=1S/C19H17F2N5O5/c1-10(2)24(11-7-8-15(31-3)12(9-11)17(27)28)18(29)26-19(30)25(22-23-26)16-13(20)5-4-6-14(16)21/h4-10H,1-3H3,(H,27,28). The molecule has 3 rings (SSSR count). The quantitative estimate of drug-likeness (QED) is 0.613. The first-order valence-electron chi connectivity index (χ1n) is 8.91. The molecule has 0 aliphatic heterocycles. The highest BCUT2D eigenvalue weighted by Gasteiger charge is 2.28. The van der Waals surface area contributed by atoms with Gasteiger partial charge in [0.25, 0.3) is 0 Å². The Morgan fingerprint density at radius 1 is 1.13 bits per heavy atom. The number of rotatable bonds is 5. The highest BCUT2D eigenvalue weighted by atomic mass is 19.1. The van der Waals surface area contributed by atoms with E-state index < -0.39 is 41.1 Å². The topological polar surface area (TPSA) is 120 Å². The molecule has 0 bridgehead atoms. The van der Waals surface area contributed by atoms with Crippen molar-refractivity contribution >= 4 is 17.7 Å². The third-order valence-corrected chi connectivity index (χ3v) is 4.33. The minimum absolute atomic E-state index is 0.0746. The monoisotopic (exact) mass is 433 g/mol. The number of hydrogen-bond donors (Lipinski definition) is 1. The molecule has 1 N–H and O–H groups in total. The van der Waals surface area contributed by atoms with Crippen molar-refractivity contribution in [3.05, 3.63) is 64.1 Å². The van der Waals surface area contributed by atoms with Gasteiger partial charge in [0.2, 0.25) is 0 Å². The second-order valence-corrected chi connectivity index (χ2v) is 6.59. The van der Waals surface area contributed by atoms with Crippen LogP contribution in [0.1, 0.15) is 24.2 Å². The second-order valence-electron chi connectivity index (χ2n) is 6.59. The van der Waals surface area contributed by atoms with Gasteiger partial charge in [0.05, 0.1) is 7.11 Å². The summed E-state index contributed by atoms with van der Waals surface area (Å²) in [6.07, 6.45) is 0. The molecule has 0 unspecified atom stereocenters. The van der Waals surface area contributed by atoms with E-state index in [1.807, 2.05) is 0 Å². The number of aromatic nitrogens is 4. The summed E-state index contributed by atoms with van der Waals surface area (Å²) in [5.74, 6) is -3.34. The van der Waals surface area contributed by atoms with Crippen LogP contribution in [0.4, 0.5) is 19.3 Å². The summed E-state index contributed by atoms with van der Waals surface area (Å²) in [5.41, 5.74) is -2.05. The Morgan fingerprint density at radius 2 is 1.77 bits per heavy atom. The summed E-state index contributed by atoms with van der Waals surface area (Å²) >= 11 is 0. The number of anilines is 1. The zero-order valence-corrected chi connectivity index (χ0v) is 16.6. The van der Waals surface area contributed by atoms with E-state index in [9.17, 15) is 28.3 Å². The SMILES string of the molecule is COc1ccc(N(C(=O)n2nnn(-c3c(F)cccc3F)c2=O)C(C)C)cc1C(=O)O. The van der Waals surface area contributed by atoms with E-state index >= 15 is 0 Å². The molecule has 1 heterocycles. The number of carbonyl (C=O) groups is 2. The summed E-state index contributed by atoms with van der Waals surface area (Å²) in [7, 11) is 1.30. The van der Waals surface area contributed by atoms with Crippen molar-refractivity contribution in [1.82, 2.24) is 19.8 Å². The Labute approximate surface area is 173 Å². The van der Waals surface area contributed by atoms with Crippen LogP contribution < -0.4 is 15.3 Å². The van der Waals surface area contributed by atoms with E-state index in [0.29, 0.717) is 9.36 Å². The summed E-state index contributed by atoms with van der Waals surface area (Å²) in [5, 5.41) is 16.2. The van der Waals surface area contributed by atoms with Crippen LogP contribution in [0.3, 0.4) is 0 Å². The molecule has 12 heteroatoms. The number of tetrazole rings is 1. The van der Waals surface area contributed by atoms with E-state index in [0.717, 1.165) is 23.1 Å². The number of carboxylic acid groups (broad SMARTS) is 1. The largest absolute Gasteiger partial charge is 0.496 e. The van der Waals surface area contributed by atoms with Crippen molar-refractivity contribution in [3.63, 3.8) is 0 Å². The number of methoxy groups -OCH3 is 1. The second kappa shape index (κ2) is 8.34. The first-order chi connectivity index (χ1) is 14.7. The normalized spacial score (nSPS) is 10.9. The Kier molecular flexibility index (Phi) is 5.81. The van der Waals surface area contributed by atoms with Gasteiger partial charge in [-0.15, -0.1) is 4.68 Å². The fourth-order valence-corrected chi connectivity index (χ4v) is 2.94. The summed E-state index contributed by atoms with van der Waals surface area (Å²) in [4.78, 5) is 38.3. The fraction of sp³-hybridized carbons (Fsp3) is 0.211. The number of aromatic carboxylic acids is 1. The molecule has 0 saturated heterocycles. The van der Waals surface area contributed by atoms with Crippen molar-refractivity contribution in [2.45, 2.75) is 19.9 Å². The molecule has 162 valence electrons. The van der Waals surface area contributed by atoms with Crippen LogP contribution in [0.15, 0.2) is 41.2 Å². The highest BCUT2D eigenvalue weighted by Crippen LogP contribution is 2.27. The number of hydrogen-bond acceptors (Lipinski definition) is 6. The van der Waals surface area contributed by atoms with Gasteiger partial charge in [-0.25, -0.2) is 23.2 Å². The third kappa shape index (κ3) is 3.86. The van der Waals surface area contributed by atoms with Gasteiger partial charge in [-0.3, -0.25) is 4.90 Å². The number of benzene rings is 2. The Hall–Kier alpha value is -4.09. The van der Waals surface area contributed by atoms with Gasteiger partial charge in [0.15, 0.2) is 11.6 Å². The molecule has 0 aliphatic carbocycles. The highest BCUT2D eigenvalue weighted by molar-refractivity contribution is 5.97. The number of carboxylic acids is 1. The summed E-state index contributed by atoms with van der Waals surface area (Å²) in [6.45, 7) is 3.24. The van der Waals surface area contributed by atoms with Crippen molar-refractivity contribution in [2.24, 2.45) is 0 Å². The van der Waals surface area contributed by atoms with E-state index in [2.05, 4.69) is 10.4 Å². The zero-order chi connectivity index (χ0) is 22.9. The Morgan fingerprint density at radius 3 is 2.32 bits per heavy atom. The average Bonchev–Trinajstić information content (AvgIpc) is 3.08. The molecule has 0 radical (unpaired) electrons. The maximum absolute atomic E-state index is 14.0. The van der Waals surface area contributed by atoms with Gasteiger partial charge >= 0.3 is 17.7 Å². The van der Waals surface area contributed by atoms with Crippen molar-refractivity contribution in [2.75, 3.05) is 12.0 Å². The van der Waals surface area contributed by atoms with Crippen LogP contribution in [-0.2, 0) is 0 Å². The fourth-order valence-electron chi connectivity index (χ4n) is 2.94. The average molecular weight is 433 g/mol. The molecule has 0 atom stereocenters. The maximum Gasteiger partial charge on any atom is 0.377 e.